The molecule has 24 heavy (non-hydrogen) atoms. The van der Waals surface area contributed by atoms with E-state index in [2.05, 4.69) is 5.32 Å². The fraction of sp³-hybridized carbons (Fsp3) is 0.579. The van der Waals surface area contributed by atoms with E-state index in [9.17, 15) is 9.59 Å². The summed E-state index contributed by atoms with van der Waals surface area (Å²) in [6.07, 6.45) is 3.94. The number of nitrogens with zero attached hydrogens (tertiary/aromatic N) is 1. The van der Waals surface area contributed by atoms with E-state index in [1.165, 1.54) is 0 Å². The summed E-state index contributed by atoms with van der Waals surface area (Å²) in [5.74, 6) is 0.0646. The molecule has 2 atom stereocenters. The zero-order valence-corrected chi connectivity index (χ0v) is 14.3. The summed E-state index contributed by atoms with van der Waals surface area (Å²) in [4.78, 5) is 26.6. The third kappa shape index (κ3) is 3.96. The van der Waals surface area contributed by atoms with Crippen molar-refractivity contribution in [2.45, 2.75) is 45.1 Å². The second-order valence-electron chi connectivity index (χ2n) is 6.65. The van der Waals surface area contributed by atoms with Gasteiger partial charge in [-0.05, 0) is 44.2 Å². The molecule has 0 radical (unpaired) electrons. The summed E-state index contributed by atoms with van der Waals surface area (Å²) in [6.45, 7) is 4.17. The zero-order valence-electron chi connectivity index (χ0n) is 14.3. The Kier molecular flexibility index (Phi) is 5.51. The average molecular weight is 330 g/mol. The van der Waals surface area contributed by atoms with Crippen molar-refractivity contribution in [1.29, 1.82) is 0 Å². The fourth-order valence-corrected chi connectivity index (χ4v) is 3.64. The van der Waals surface area contributed by atoms with Gasteiger partial charge in [-0.25, -0.2) is 0 Å². The molecule has 2 heterocycles. The van der Waals surface area contributed by atoms with Crippen LogP contribution in [0.5, 0.6) is 0 Å². The number of hydrogen-bond acceptors (Lipinski definition) is 3. The number of rotatable bonds is 5. The molecule has 2 aliphatic rings. The zero-order chi connectivity index (χ0) is 16.9. The minimum absolute atomic E-state index is 0.0346. The molecule has 0 aliphatic carbocycles. The van der Waals surface area contributed by atoms with Crippen LogP contribution >= 0.6 is 0 Å². The Labute approximate surface area is 143 Å². The summed E-state index contributed by atoms with van der Waals surface area (Å²) in [6, 6.07) is 7.88. The Balaban J connectivity index is 1.52. The lowest BCUT2D eigenvalue weighted by Crippen LogP contribution is -2.43. The summed E-state index contributed by atoms with van der Waals surface area (Å²) in [7, 11) is 0. The molecule has 0 aromatic heterocycles. The van der Waals surface area contributed by atoms with Crippen LogP contribution in [-0.4, -0.2) is 42.5 Å². The van der Waals surface area contributed by atoms with Crippen molar-refractivity contribution in [2.24, 2.45) is 5.92 Å². The molecule has 0 unspecified atom stereocenters. The molecule has 2 aliphatic heterocycles. The Morgan fingerprint density at radius 3 is 3.04 bits per heavy atom. The highest BCUT2D eigenvalue weighted by Crippen LogP contribution is 2.28. The van der Waals surface area contributed by atoms with Gasteiger partial charge in [-0.1, -0.05) is 18.2 Å². The summed E-state index contributed by atoms with van der Waals surface area (Å²) < 4.78 is 5.66. The van der Waals surface area contributed by atoms with Crippen molar-refractivity contribution in [1.82, 2.24) is 4.90 Å². The third-order valence-corrected chi connectivity index (χ3v) is 4.95. The molecule has 5 heteroatoms. The van der Waals surface area contributed by atoms with E-state index in [1.807, 2.05) is 36.1 Å². The largest absolute Gasteiger partial charge is 0.377 e. The molecule has 130 valence electrons. The van der Waals surface area contributed by atoms with Gasteiger partial charge in [0.2, 0.25) is 11.8 Å². The number of para-hydroxylation sites is 1. The van der Waals surface area contributed by atoms with Gasteiger partial charge in [0.1, 0.15) is 0 Å². The van der Waals surface area contributed by atoms with Crippen LogP contribution in [0.4, 0.5) is 5.69 Å². The van der Waals surface area contributed by atoms with Gasteiger partial charge in [0.25, 0.3) is 0 Å². The number of carbonyl (C=O) groups excluding carboxylic acids is 2. The SMILES string of the molecule is CCO[C@@H]1CCCN(C(=O)CC[C@@H]2Cc3ccccc3NC2=O)C1. The first-order valence-electron chi connectivity index (χ1n) is 8.95. The van der Waals surface area contributed by atoms with Crippen molar-refractivity contribution in [3.05, 3.63) is 29.8 Å². The maximum Gasteiger partial charge on any atom is 0.227 e. The van der Waals surface area contributed by atoms with Crippen molar-refractivity contribution in [2.75, 3.05) is 25.0 Å². The number of likely N-dealkylation sites (tertiary alicyclic amines) is 1. The number of amides is 2. The Morgan fingerprint density at radius 1 is 1.38 bits per heavy atom. The van der Waals surface area contributed by atoms with E-state index in [4.69, 9.17) is 4.74 Å². The highest BCUT2D eigenvalue weighted by atomic mass is 16.5. The minimum atomic E-state index is -0.115. The first-order valence-corrected chi connectivity index (χ1v) is 8.95. The van der Waals surface area contributed by atoms with Crippen LogP contribution in [-0.2, 0) is 20.7 Å². The first kappa shape index (κ1) is 17.0. The van der Waals surface area contributed by atoms with Gasteiger partial charge < -0.3 is 15.0 Å². The molecular formula is C19H26N2O3. The lowest BCUT2D eigenvalue weighted by molar-refractivity contribution is -0.135. The highest BCUT2D eigenvalue weighted by Gasteiger charge is 2.28. The molecule has 0 saturated carbocycles. The molecule has 1 saturated heterocycles. The number of hydrogen-bond donors (Lipinski definition) is 1. The standard InChI is InChI=1S/C19H26N2O3/c1-2-24-16-7-5-11-21(13-16)18(22)10-9-15-12-14-6-3-4-8-17(14)20-19(15)23/h3-4,6,8,15-16H,2,5,7,9-13H2,1H3,(H,20,23)/t15-,16-/m1/s1. The maximum atomic E-state index is 12.5. The van der Waals surface area contributed by atoms with E-state index >= 15 is 0 Å². The van der Waals surface area contributed by atoms with E-state index in [0.717, 1.165) is 37.1 Å². The molecule has 0 spiro atoms. The van der Waals surface area contributed by atoms with Crippen LogP contribution < -0.4 is 5.32 Å². The monoisotopic (exact) mass is 330 g/mol. The predicted octanol–water partition coefficient (Wildman–Crippen LogP) is 2.61. The average Bonchev–Trinajstić information content (AvgIpc) is 2.60. The summed E-state index contributed by atoms with van der Waals surface area (Å²) >= 11 is 0. The van der Waals surface area contributed by atoms with Crippen LogP contribution in [0.2, 0.25) is 0 Å². The summed E-state index contributed by atoms with van der Waals surface area (Å²) in [5, 5.41) is 2.95. The molecule has 1 aromatic carbocycles. The van der Waals surface area contributed by atoms with Crippen molar-refractivity contribution in [3.8, 4) is 0 Å². The van der Waals surface area contributed by atoms with Gasteiger partial charge in [0, 0.05) is 37.7 Å². The molecular weight excluding hydrogens is 304 g/mol. The third-order valence-electron chi connectivity index (χ3n) is 4.95. The van der Waals surface area contributed by atoms with E-state index in [1.54, 1.807) is 0 Å². The number of anilines is 1. The minimum Gasteiger partial charge on any atom is -0.377 e. The lowest BCUT2D eigenvalue weighted by Gasteiger charge is -2.33. The lowest BCUT2D eigenvalue weighted by atomic mass is 9.89. The van der Waals surface area contributed by atoms with Gasteiger partial charge in [-0.2, -0.15) is 0 Å². The predicted molar refractivity (Wildman–Crippen MR) is 92.7 cm³/mol. The number of fused-ring (bicyclic) bond motifs is 1. The Hall–Kier alpha value is -1.88. The van der Waals surface area contributed by atoms with Crippen molar-refractivity contribution < 1.29 is 14.3 Å². The number of benzene rings is 1. The van der Waals surface area contributed by atoms with E-state index < -0.39 is 0 Å². The number of ether oxygens (including phenoxy) is 1. The Morgan fingerprint density at radius 2 is 2.21 bits per heavy atom. The van der Waals surface area contributed by atoms with Crippen molar-refractivity contribution >= 4 is 17.5 Å². The normalized spacial score (nSPS) is 23.5. The number of carbonyl (C=O) groups is 2. The van der Waals surface area contributed by atoms with E-state index in [-0.39, 0.29) is 23.8 Å². The first-order chi connectivity index (χ1) is 11.7. The second kappa shape index (κ2) is 7.79. The van der Waals surface area contributed by atoms with Crippen molar-refractivity contribution in [3.63, 3.8) is 0 Å². The maximum absolute atomic E-state index is 12.5. The van der Waals surface area contributed by atoms with Gasteiger partial charge in [0.15, 0.2) is 0 Å². The van der Waals surface area contributed by atoms with Gasteiger partial charge >= 0.3 is 0 Å². The fourth-order valence-electron chi connectivity index (χ4n) is 3.64. The molecule has 0 bridgehead atoms. The van der Waals surface area contributed by atoms with Gasteiger partial charge in [-0.3, -0.25) is 9.59 Å². The second-order valence-corrected chi connectivity index (χ2v) is 6.65. The Bertz CT molecular complexity index is 600. The van der Waals surface area contributed by atoms with Gasteiger partial charge in [-0.15, -0.1) is 0 Å². The van der Waals surface area contributed by atoms with Crippen LogP contribution in [0.3, 0.4) is 0 Å². The van der Waals surface area contributed by atoms with Crippen LogP contribution in [0, 0.1) is 5.92 Å². The van der Waals surface area contributed by atoms with Crippen LogP contribution in [0.25, 0.3) is 0 Å². The van der Waals surface area contributed by atoms with Crippen LogP contribution in [0.1, 0.15) is 38.2 Å². The molecule has 2 amide bonds. The van der Waals surface area contributed by atoms with Crippen LogP contribution in [0.15, 0.2) is 24.3 Å². The molecule has 3 rings (SSSR count). The summed E-state index contributed by atoms with van der Waals surface area (Å²) in [5.41, 5.74) is 2.06. The topological polar surface area (TPSA) is 58.6 Å². The molecule has 1 N–H and O–H groups in total. The number of nitrogens with one attached hydrogen (secondary N) is 1. The quantitative estimate of drug-likeness (QED) is 0.903. The number of piperidine rings is 1. The smallest absolute Gasteiger partial charge is 0.227 e. The molecule has 1 aromatic rings. The molecule has 1 fully saturated rings. The van der Waals surface area contributed by atoms with Gasteiger partial charge in [0.05, 0.1) is 6.10 Å². The molecule has 5 nitrogen and oxygen atoms in total. The van der Waals surface area contributed by atoms with E-state index in [0.29, 0.717) is 26.0 Å². The highest BCUT2D eigenvalue weighted by molar-refractivity contribution is 5.96.